The highest BCUT2D eigenvalue weighted by Crippen LogP contribution is 2.73. The molecule has 5 unspecified atom stereocenters. The van der Waals surface area contributed by atoms with Crippen molar-refractivity contribution in [1.29, 1.82) is 0 Å². The highest BCUT2D eigenvalue weighted by molar-refractivity contribution is 8.00. The Morgan fingerprint density at radius 3 is 2.41 bits per heavy atom. The molecule has 420 valence electrons. The number of hydrogen-bond acceptors (Lipinski definition) is 16. The first-order valence-electron chi connectivity index (χ1n) is 27.5. The van der Waals surface area contributed by atoms with Gasteiger partial charge in [-0.2, -0.15) is 0 Å². The normalized spacial score (nSPS) is 32.7. The number of benzene rings is 3. The van der Waals surface area contributed by atoms with E-state index >= 15 is 9.59 Å². The van der Waals surface area contributed by atoms with Crippen molar-refractivity contribution in [2.45, 2.75) is 170 Å². The standard InChI is InChI=1S/C62H72N2O14S/c1-32(2)14-13-25-60(10)26-24-38-49(76-60)37(22-17-33(3)4)51-44(50(38)74-56(70)35-18-20-36(21-19-35)72-57-48(67)47(66)52-41(73-57)31-71-59(8,9)75-52)46-45-53(79-42-16-12-11-15-40(42)64-46)39-30-43-58(6,7)78-61(54(39)68,62(43,45)77-51)27-23-34(5)55(69)63-28-29-65/h11-12,14-21,23-24,26,39,41,43,45,47-48,52-53,57,65-67H,13,22,25,27-31H2,1-10H3,(H,63,69)/t39-,41+,43+,45?,47+,48+,52+,53?,57+,60?,61?,62?/m0/s1. The summed E-state index contributed by atoms with van der Waals surface area (Å²) in [6.45, 7) is 19.4. The van der Waals surface area contributed by atoms with Crippen molar-refractivity contribution < 1.29 is 67.6 Å². The number of allylic oxidation sites excluding steroid dienone is 4. The summed E-state index contributed by atoms with van der Waals surface area (Å²) < 4.78 is 53.3. The van der Waals surface area contributed by atoms with Gasteiger partial charge in [0, 0.05) is 46.1 Å². The van der Waals surface area contributed by atoms with Crippen LogP contribution in [0.2, 0.25) is 0 Å². The zero-order chi connectivity index (χ0) is 56.1. The number of aliphatic hydroxyl groups excluding tert-OH is 3. The maximum atomic E-state index is 15.9. The molecular weight excluding hydrogens is 1030 g/mol. The molecule has 3 aromatic carbocycles. The van der Waals surface area contributed by atoms with Gasteiger partial charge >= 0.3 is 5.97 Å². The second-order valence-corrected chi connectivity index (χ2v) is 25.2. The molecule has 3 saturated heterocycles. The number of carbonyl (C=O) groups is 3. The van der Waals surface area contributed by atoms with Crippen molar-refractivity contribution in [2.24, 2.45) is 22.7 Å². The van der Waals surface area contributed by atoms with Gasteiger partial charge in [-0.25, -0.2) is 4.79 Å². The molecule has 6 heterocycles. The third-order valence-electron chi connectivity index (χ3n) is 17.0. The minimum Gasteiger partial charge on any atom is -0.482 e. The van der Waals surface area contributed by atoms with Gasteiger partial charge in [-0.15, -0.1) is 11.8 Å². The number of esters is 1. The third-order valence-corrected chi connectivity index (χ3v) is 18.5. The Morgan fingerprint density at radius 1 is 0.924 bits per heavy atom. The zero-order valence-corrected chi connectivity index (χ0v) is 47.4. The molecule has 16 nitrogen and oxygen atoms in total. The van der Waals surface area contributed by atoms with Gasteiger partial charge in [0.2, 0.25) is 12.2 Å². The molecular formula is C62H72N2O14S. The summed E-state index contributed by atoms with van der Waals surface area (Å²) in [7, 11) is 0. The molecule has 17 heteroatoms. The van der Waals surface area contributed by atoms with Gasteiger partial charge in [0.05, 0.1) is 52.8 Å². The van der Waals surface area contributed by atoms with E-state index in [0.29, 0.717) is 64.4 Å². The number of hydrogen-bond donors (Lipinski definition) is 4. The maximum Gasteiger partial charge on any atom is 0.343 e. The number of rotatable bonds is 14. The number of nitrogens with one attached hydrogen (secondary N) is 1. The summed E-state index contributed by atoms with van der Waals surface area (Å²) in [5.74, 6) is -2.31. The fourth-order valence-electron chi connectivity index (χ4n) is 13.2. The van der Waals surface area contributed by atoms with Crippen LogP contribution in [-0.2, 0) is 35.0 Å². The largest absolute Gasteiger partial charge is 0.482 e. The van der Waals surface area contributed by atoms with Crippen LogP contribution in [-0.4, -0.2) is 123 Å². The van der Waals surface area contributed by atoms with Crippen molar-refractivity contribution in [2.75, 3.05) is 19.8 Å². The van der Waals surface area contributed by atoms with E-state index in [2.05, 4.69) is 31.3 Å². The first-order valence-corrected chi connectivity index (χ1v) is 28.4. The average molecular weight is 1100 g/mol. The molecule has 4 N–H and O–H groups in total. The number of carbonyl (C=O) groups excluding carboxylic acids is 3. The molecule has 6 fully saturated rings. The van der Waals surface area contributed by atoms with Crippen molar-refractivity contribution >= 4 is 46.9 Å². The highest BCUT2D eigenvalue weighted by atomic mass is 32.2. The zero-order valence-electron chi connectivity index (χ0n) is 46.5. The first kappa shape index (κ1) is 55.3. The van der Waals surface area contributed by atoms with E-state index in [9.17, 15) is 20.1 Å². The van der Waals surface area contributed by atoms with E-state index in [4.69, 9.17) is 42.9 Å². The molecule has 0 aromatic heterocycles. The van der Waals surface area contributed by atoms with E-state index in [-0.39, 0.29) is 66.1 Å². The quantitative estimate of drug-likeness (QED) is 0.0514. The Morgan fingerprint density at radius 2 is 1.67 bits per heavy atom. The van der Waals surface area contributed by atoms with Crippen LogP contribution in [0.4, 0.5) is 5.69 Å². The van der Waals surface area contributed by atoms with E-state index in [1.54, 1.807) is 62.9 Å². The SMILES string of the molecule is CC(C)=CCCC1(C)C=Cc2c(c(CC=C(C)C)c3c(c2OC(=O)c2ccc(O[C@@H]4O[C@@H]5COC(C)(C)O[C@H]5[C@H](O)[C@H]4O)cc2)C2=Nc4ccccc4SC4C2C2(O3)[C@@H]3C[C@@H]4C(=O)C2(CC=C(C)C(=O)NCCO)OC3(C)C)O1. The van der Waals surface area contributed by atoms with E-state index in [1.807, 2.05) is 71.0 Å². The number of aliphatic imine (C=N–C) groups is 1. The predicted octanol–water partition coefficient (Wildman–Crippen LogP) is 8.86. The van der Waals surface area contributed by atoms with Crippen LogP contribution in [0.25, 0.3) is 6.08 Å². The lowest BCUT2D eigenvalue weighted by molar-refractivity contribution is -0.373. The fraction of sp³-hybridized carbons (Fsp3) is 0.516. The monoisotopic (exact) mass is 1100 g/mol. The number of fused-ring (bicyclic) bond motifs is 5. The number of nitrogens with zero attached hydrogens (tertiary/aromatic N) is 1. The molecule has 3 aliphatic carbocycles. The number of ether oxygens (including phenoxy) is 8. The second-order valence-electron chi connectivity index (χ2n) is 23.9. The van der Waals surface area contributed by atoms with Gasteiger partial charge in [-0.1, -0.05) is 41.5 Å². The Labute approximate surface area is 465 Å². The molecule has 12 atom stereocenters. The summed E-state index contributed by atoms with van der Waals surface area (Å²) in [4.78, 5) is 50.9. The summed E-state index contributed by atoms with van der Waals surface area (Å²) in [5, 5.41) is 34.1. The maximum absolute atomic E-state index is 15.9. The summed E-state index contributed by atoms with van der Waals surface area (Å²) in [6.07, 6.45) is 6.71. The smallest absolute Gasteiger partial charge is 0.343 e. The number of amides is 1. The van der Waals surface area contributed by atoms with Crippen LogP contribution in [0.5, 0.6) is 23.0 Å². The number of ketones is 1. The van der Waals surface area contributed by atoms with Gasteiger partial charge in [-0.3, -0.25) is 14.6 Å². The van der Waals surface area contributed by atoms with Gasteiger partial charge in [-0.05, 0) is 143 Å². The molecule has 9 aliphatic rings. The van der Waals surface area contributed by atoms with Crippen molar-refractivity contribution in [3.8, 4) is 23.0 Å². The molecule has 1 spiro atoms. The molecule has 6 aliphatic heterocycles. The van der Waals surface area contributed by atoms with Crippen LogP contribution in [0.3, 0.4) is 0 Å². The Bertz CT molecular complexity index is 3130. The van der Waals surface area contributed by atoms with Gasteiger partial charge in [0.1, 0.15) is 47.3 Å². The molecule has 12 rings (SSSR count). The average Bonchev–Trinajstić information content (AvgIpc) is 1.68. The Kier molecular flexibility index (Phi) is 14.3. The summed E-state index contributed by atoms with van der Waals surface area (Å²) in [6, 6.07) is 14.1. The van der Waals surface area contributed by atoms with Gasteiger partial charge < -0.3 is 58.5 Å². The predicted molar refractivity (Wildman–Crippen MR) is 296 cm³/mol. The first-order chi connectivity index (χ1) is 37.5. The van der Waals surface area contributed by atoms with Crippen LogP contribution < -0.4 is 24.3 Å². The van der Waals surface area contributed by atoms with E-state index in [0.717, 1.165) is 16.9 Å². The molecule has 4 bridgehead atoms. The molecule has 3 aromatic rings. The third kappa shape index (κ3) is 9.39. The minimum atomic E-state index is -1.60. The molecule has 1 amide bonds. The lowest BCUT2D eigenvalue weighted by Crippen LogP contribution is -2.79. The number of thioether (sulfide) groups is 1. The second kappa shape index (κ2) is 20.4. The fourth-order valence-corrected chi connectivity index (χ4v) is 14.8. The summed E-state index contributed by atoms with van der Waals surface area (Å²) in [5.41, 5.74) is 1.09. The number of para-hydroxylation sites is 1. The number of Topliss-reactive ketones (excluding diaryl/α,β-unsaturated/α-hetero) is 1. The lowest BCUT2D eigenvalue weighted by atomic mass is 9.46. The Balaban J connectivity index is 1.07. The number of aliphatic hydroxyl groups is 3. The minimum absolute atomic E-state index is 0.0241. The van der Waals surface area contributed by atoms with Gasteiger partial charge in [0.25, 0.3) is 0 Å². The van der Waals surface area contributed by atoms with Crippen molar-refractivity contribution in [3.05, 3.63) is 112 Å². The molecule has 3 saturated carbocycles. The van der Waals surface area contributed by atoms with E-state index in [1.165, 1.54) is 5.57 Å². The van der Waals surface area contributed by atoms with Crippen molar-refractivity contribution in [3.63, 3.8) is 0 Å². The van der Waals surface area contributed by atoms with Crippen LogP contribution >= 0.6 is 11.8 Å². The topological polar surface area (TPSA) is 210 Å². The highest BCUT2D eigenvalue weighted by Gasteiger charge is 2.85. The van der Waals surface area contributed by atoms with Crippen LogP contribution in [0.15, 0.2) is 99.4 Å². The summed E-state index contributed by atoms with van der Waals surface area (Å²) >= 11 is 1.62. The van der Waals surface area contributed by atoms with Gasteiger partial charge in [0.15, 0.2) is 28.5 Å². The lowest BCUT2D eigenvalue weighted by Gasteiger charge is -2.63. The van der Waals surface area contributed by atoms with Crippen molar-refractivity contribution in [1.82, 2.24) is 5.32 Å². The van der Waals surface area contributed by atoms with E-state index < -0.39 is 76.7 Å². The molecule has 79 heavy (non-hydrogen) atoms. The van der Waals surface area contributed by atoms with Crippen LogP contribution in [0.1, 0.15) is 122 Å². The molecule has 0 radical (unpaired) electrons. The van der Waals surface area contributed by atoms with Crippen LogP contribution in [0, 0.1) is 17.8 Å². The Hall–Kier alpha value is -5.63.